The van der Waals surface area contributed by atoms with E-state index in [9.17, 15) is 0 Å². The highest BCUT2D eigenvalue weighted by Crippen LogP contribution is 2.31. The summed E-state index contributed by atoms with van der Waals surface area (Å²) in [4.78, 5) is 9.27. The van der Waals surface area contributed by atoms with E-state index in [-0.39, 0.29) is 0 Å². The van der Waals surface area contributed by atoms with Gasteiger partial charge < -0.3 is 4.74 Å². The number of aromatic nitrogens is 4. The van der Waals surface area contributed by atoms with Crippen LogP contribution < -0.4 is 4.74 Å². The number of nitrogens with zero attached hydrogens (tertiary/aromatic N) is 4. The van der Waals surface area contributed by atoms with Crippen LogP contribution in [0.5, 0.6) is 11.6 Å². The van der Waals surface area contributed by atoms with Crippen LogP contribution in [0.2, 0.25) is 0 Å². The van der Waals surface area contributed by atoms with Crippen LogP contribution >= 0.6 is 11.8 Å². The third-order valence-corrected chi connectivity index (χ3v) is 5.32. The molecule has 0 amide bonds. The van der Waals surface area contributed by atoms with Crippen molar-refractivity contribution in [3.63, 3.8) is 0 Å². The molecule has 142 valence electrons. The molecule has 5 aromatic rings. The molecule has 0 saturated heterocycles. The van der Waals surface area contributed by atoms with Crippen molar-refractivity contribution in [3.05, 3.63) is 78.5 Å². The molecule has 0 aliphatic carbocycles. The van der Waals surface area contributed by atoms with Crippen LogP contribution in [0.15, 0.2) is 78.1 Å². The van der Waals surface area contributed by atoms with Crippen molar-refractivity contribution >= 4 is 33.6 Å². The third-order valence-electron chi connectivity index (χ3n) is 4.77. The van der Waals surface area contributed by atoms with Gasteiger partial charge in [0.15, 0.2) is 10.8 Å². The Bertz CT molecular complexity index is 1330. The van der Waals surface area contributed by atoms with Gasteiger partial charge in [0.2, 0.25) is 5.88 Å². The highest BCUT2D eigenvalue weighted by atomic mass is 32.2. The highest BCUT2D eigenvalue weighted by Gasteiger charge is 2.16. The summed E-state index contributed by atoms with van der Waals surface area (Å²) >= 11 is 1.48. The van der Waals surface area contributed by atoms with Gasteiger partial charge in [-0.3, -0.25) is 0 Å². The summed E-state index contributed by atoms with van der Waals surface area (Å²) in [5.74, 6) is 1.24. The molecule has 5 rings (SSSR count). The molecule has 3 aromatic carbocycles. The number of rotatable bonds is 4. The van der Waals surface area contributed by atoms with Crippen molar-refractivity contribution in [3.8, 4) is 17.3 Å². The van der Waals surface area contributed by atoms with Crippen molar-refractivity contribution in [2.45, 2.75) is 12.1 Å². The van der Waals surface area contributed by atoms with Gasteiger partial charge in [0.05, 0.1) is 11.9 Å². The first-order chi connectivity index (χ1) is 14.2. The largest absolute Gasteiger partial charge is 0.438 e. The maximum absolute atomic E-state index is 6.19. The number of aryl methyl sites for hydroxylation is 1. The van der Waals surface area contributed by atoms with Crippen molar-refractivity contribution < 1.29 is 4.74 Å². The lowest BCUT2D eigenvalue weighted by atomic mass is 10.1. The second kappa shape index (κ2) is 7.22. The minimum atomic E-state index is 0.507. The van der Waals surface area contributed by atoms with Crippen LogP contribution in [0.4, 0.5) is 0 Å². The lowest BCUT2D eigenvalue weighted by molar-refractivity contribution is 0.463. The Hall–Kier alpha value is -3.38. The van der Waals surface area contributed by atoms with E-state index in [1.54, 1.807) is 6.20 Å². The van der Waals surface area contributed by atoms with Crippen LogP contribution in [-0.2, 0) is 0 Å². The van der Waals surface area contributed by atoms with E-state index in [4.69, 9.17) is 4.74 Å². The van der Waals surface area contributed by atoms with E-state index >= 15 is 0 Å². The number of ether oxygens (including phenoxy) is 1. The molecule has 5 nitrogen and oxygen atoms in total. The van der Waals surface area contributed by atoms with E-state index in [0.717, 1.165) is 27.9 Å². The number of thioether (sulfide) groups is 1. The monoisotopic (exact) mass is 398 g/mol. The summed E-state index contributed by atoms with van der Waals surface area (Å²) in [6, 6.07) is 22.4. The Labute approximate surface area is 172 Å². The molecule has 6 heteroatoms. The maximum atomic E-state index is 6.19. The smallest absolute Gasteiger partial charge is 0.234 e. The van der Waals surface area contributed by atoms with Crippen LogP contribution in [-0.4, -0.2) is 26.0 Å². The average Bonchev–Trinajstić information content (AvgIpc) is 3.18. The van der Waals surface area contributed by atoms with Gasteiger partial charge in [-0.1, -0.05) is 59.8 Å². The molecule has 29 heavy (non-hydrogen) atoms. The van der Waals surface area contributed by atoms with Crippen LogP contribution in [0.1, 0.15) is 5.56 Å². The average molecular weight is 398 g/mol. The zero-order valence-corrected chi connectivity index (χ0v) is 16.9. The van der Waals surface area contributed by atoms with Crippen molar-refractivity contribution in [2.75, 3.05) is 6.26 Å². The lowest BCUT2D eigenvalue weighted by Gasteiger charge is -2.09. The first kappa shape index (κ1) is 17.7. The van der Waals surface area contributed by atoms with Crippen LogP contribution in [0, 0.1) is 6.92 Å². The van der Waals surface area contributed by atoms with Gasteiger partial charge in [0, 0.05) is 0 Å². The molecule has 0 fully saturated rings. The molecule has 0 unspecified atom stereocenters. The van der Waals surface area contributed by atoms with Crippen LogP contribution in [0.25, 0.3) is 27.5 Å². The van der Waals surface area contributed by atoms with Gasteiger partial charge in [0.1, 0.15) is 11.1 Å². The van der Waals surface area contributed by atoms with E-state index < -0.39 is 0 Å². The SMILES string of the molecule is CSc1nc(Oc2ccc3ccccc3c2)c2cnn(-c3ccc(C)cc3)c2n1. The zero-order chi connectivity index (χ0) is 19.8. The van der Waals surface area contributed by atoms with Crippen molar-refractivity contribution in [1.82, 2.24) is 19.7 Å². The summed E-state index contributed by atoms with van der Waals surface area (Å²) in [5.41, 5.74) is 2.88. The van der Waals surface area contributed by atoms with Gasteiger partial charge in [-0.15, -0.1) is 0 Å². The quantitative estimate of drug-likeness (QED) is 0.283. The second-order valence-electron chi connectivity index (χ2n) is 6.76. The fourth-order valence-electron chi connectivity index (χ4n) is 3.25. The predicted octanol–water partition coefficient (Wildman–Crippen LogP) is 5.79. The van der Waals surface area contributed by atoms with Crippen molar-refractivity contribution in [2.24, 2.45) is 0 Å². The normalized spacial score (nSPS) is 11.2. The van der Waals surface area contributed by atoms with Crippen molar-refractivity contribution in [1.29, 1.82) is 0 Å². The molecule has 0 aliphatic heterocycles. The van der Waals surface area contributed by atoms with Gasteiger partial charge in [0.25, 0.3) is 0 Å². The predicted molar refractivity (Wildman–Crippen MR) is 117 cm³/mol. The standard InChI is InChI=1S/C23H18N4OS/c1-15-7-10-18(11-8-15)27-21-20(14-24-27)22(26-23(25-21)29-2)28-19-12-9-16-5-3-4-6-17(16)13-19/h3-14H,1-2H3. The molecule has 2 heterocycles. The Balaban J connectivity index is 1.61. The summed E-state index contributed by atoms with van der Waals surface area (Å²) in [5, 5.41) is 8.26. The number of hydrogen-bond donors (Lipinski definition) is 0. The Morgan fingerprint density at radius 1 is 0.897 bits per heavy atom. The Morgan fingerprint density at radius 3 is 2.48 bits per heavy atom. The third kappa shape index (κ3) is 3.32. The fourth-order valence-corrected chi connectivity index (χ4v) is 3.60. The minimum absolute atomic E-state index is 0.507. The molecular formula is C23H18N4OS. The Morgan fingerprint density at radius 2 is 1.69 bits per heavy atom. The molecule has 0 N–H and O–H groups in total. The molecule has 0 spiro atoms. The van der Waals surface area contributed by atoms with Gasteiger partial charge in [-0.05, 0) is 48.2 Å². The summed E-state index contributed by atoms with van der Waals surface area (Å²) in [6.07, 6.45) is 3.71. The maximum Gasteiger partial charge on any atom is 0.234 e. The minimum Gasteiger partial charge on any atom is -0.438 e. The molecule has 0 aliphatic rings. The summed E-state index contributed by atoms with van der Waals surface area (Å²) in [6.45, 7) is 2.06. The summed E-state index contributed by atoms with van der Waals surface area (Å²) in [7, 11) is 0. The van der Waals surface area contributed by atoms with Gasteiger partial charge in [-0.25, -0.2) is 9.67 Å². The topological polar surface area (TPSA) is 52.8 Å². The molecule has 0 radical (unpaired) electrons. The van der Waals surface area contributed by atoms with Crippen LogP contribution in [0.3, 0.4) is 0 Å². The zero-order valence-electron chi connectivity index (χ0n) is 16.0. The molecular weight excluding hydrogens is 380 g/mol. The van der Waals surface area contributed by atoms with E-state index in [1.807, 2.05) is 53.4 Å². The fraction of sp³-hybridized carbons (Fsp3) is 0.0870. The molecule has 0 atom stereocenters. The first-order valence-electron chi connectivity index (χ1n) is 9.25. The number of hydrogen-bond acceptors (Lipinski definition) is 5. The Kier molecular flexibility index (Phi) is 4.41. The van der Waals surface area contributed by atoms with Gasteiger partial charge in [-0.2, -0.15) is 10.1 Å². The highest BCUT2D eigenvalue weighted by molar-refractivity contribution is 7.98. The number of fused-ring (bicyclic) bond motifs is 2. The van der Waals surface area contributed by atoms with E-state index in [2.05, 4.69) is 46.3 Å². The van der Waals surface area contributed by atoms with E-state index in [1.165, 1.54) is 22.7 Å². The molecule has 0 saturated carbocycles. The molecule has 0 bridgehead atoms. The van der Waals surface area contributed by atoms with Gasteiger partial charge >= 0.3 is 0 Å². The summed E-state index contributed by atoms with van der Waals surface area (Å²) < 4.78 is 8.02. The molecule has 2 aromatic heterocycles. The number of benzene rings is 3. The lowest BCUT2D eigenvalue weighted by Crippen LogP contribution is -2.00. The second-order valence-corrected chi connectivity index (χ2v) is 7.53. The first-order valence-corrected chi connectivity index (χ1v) is 10.5. The van der Waals surface area contributed by atoms with E-state index in [0.29, 0.717) is 11.0 Å².